The second kappa shape index (κ2) is 7.76. The third-order valence-corrected chi connectivity index (χ3v) is 4.86. The van der Waals surface area contributed by atoms with Crippen molar-refractivity contribution in [2.75, 3.05) is 5.01 Å². The molecule has 0 spiro atoms. The van der Waals surface area contributed by atoms with Gasteiger partial charge in [0.05, 0.1) is 17.8 Å². The first-order chi connectivity index (χ1) is 13.1. The highest BCUT2D eigenvalue weighted by Gasteiger charge is 2.27. The van der Waals surface area contributed by atoms with E-state index in [1.54, 1.807) is 6.07 Å². The number of halogens is 1. The summed E-state index contributed by atoms with van der Waals surface area (Å²) in [6.07, 6.45) is 0.186. The highest BCUT2D eigenvalue weighted by molar-refractivity contribution is 6.35. The normalized spacial score (nSPS) is 14.2. The Bertz CT molecular complexity index is 943. The van der Waals surface area contributed by atoms with Crippen LogP contribution in [0.25, 0.3) is 0 Å². The zero-order chi connectivity index (χ0) is 20.5. The number of hydrogen-bond acceptors (Lipinski definition) is 3. The summed E-state index contributed by atoms with van der Waals surface area (Å²) < 4.78 is 0. The predicted molar refractivity (Wildman–Crippen MR) is 113 cm³/mol. The summed E-state index contributed by atoms with van der Waals surface area (Å²) in [5.41, 5.74) is 3.64. The van der Waals surface area contributed by atoms with E-state index in [0.29, 0.717) is 22.8 Å². The molecule has 146 valence electrons. The molecule has 0 saturated carbocycles. The zero-order valence-electron chi connectivity index (χ0n) is 16.5. The number of aryl methyl sites for hydroxylation is 1. The maximum Gasteiger partial charge on any atom is 0.253 e. The van der Waals surface area contributed by atoms with Crippen LogP contribution in [-0.2, 0) is 16.1 Å². The minimum Gasteiger partial charge on any atom is -0.352 e. The molecule has 28 heavy (non-hydrogen) atoms. The smallest absolute Gasteiger partial charge is 0.253 e. The monoisotopic (exact) mass is 397 g/mol. The van der Waals surface area contributed by atoms with Gasteiger partial charge in [-0.15, -0.1) is 0 Å². The predicted octanol–water partition coefficient (Wildman–Crippen LogP) is 4.45. The van der Waals surface area contributed by atoms with Crippen LogP contribution in [0.1, 0.15) is 43.9 Å². The fourth-order valence-corrected chi connectivity index (χ4v) is 3.04. The number of nitrogens with one attached hydrogen (secondary N) is 1. The van der Waals surface area contributed by atoms with Gasteiger partial charge in [0, 0.05) is 22.5 Å². The molecule has 2 amide bonds. The van der Waals surface area contributed by atoms with Gasteiger partial charge in [0.25, 0.3) is 5.91 Å². The number of hydrazone groups is 1. The van der Waals surface area contributed by atoms with Crippen molar-refractivity contribution in [2.45, 2.75) is 40.7 Å². The first-order valence-electron chi connectivity index (χ1n) is 9.19. The number of carbonyl (C=O) groups is 2. The summed E-state index contributed by atoms with van der Waals surface area (Å²) in [4.78, 5) is 24.6. The molecule has 1 heterocycles. The quantitative estimate of drug-likeness (QED) is 0.828. The summed E-state index contributed by atoms with van der Waals surface area (Å²) >= 11 is 6.38. The van der Waals surface area contributed by atoms with Gasteiger partial charge >= 0.3 is 0 Å². The second-order valence-corrected chi connectivity index (χ2v) is 8.42. The molecule has 0 atom stereocenters. The maximum absolute atomic E-state index is 12.5. The van der Waals surface area contributed by atoms with Crippen LogP contribution >= 0.6 is 11.6 Å². The Labute approximate surface area is 170 Å². The largest absolute Gasteiger partial charge is 0.352 e. The average molecular weight is 398 g/mol. The van der Waals surface area contributed by atoms with Gasteiger partial charge in [-0.2, -0.15) is 5.10 Å². The lowest BCUT2D eigenvalue weighted by atomic mass is 9.95. The molecule has 6 heteroatoms. The third-order valence-electron chi connectivity index (χ3n) is 4.53. The fraction of sp³-hybridized carbons (Fsp3) is 0.318. The van der Waals surface area contributed by atoms with E-state index < -0.39 is 5.41 Å². The van der Waals surface area contributed by atoms with Crippen LogP contribution in [0.15, 0.2) is 47.6 Å². The number of amides is 2. The number of hydrogen-bond donors (Lipinski definition) is 1. The molecule has 0 aromatic heterocycles. The molecule has 1 aliphatic rings. The van der Waals surface area contributed by atoms with E-state index in [1.165, 1.54) is 5.01 Å². The SMILES string of the molecule is Cc1ccc(N2N=C(c3cc(CNC(=O)C(C)(C)C)ccc3Cl)CC2=O)cc1. The van der Waals surface area contributed by atoms with Crippen LogP contribution in [-0.4, -0.2) is 17.5 Å². The molecule has 0 saturated heterocycles. The number of anilines is 1. The van der Waals surface area contributed by atoms with E-state index >= 15 is 0 Å². The average Bonchev–Trinajstić information content (AvgIpc) is 3.02. The van der Waals surface area contributed by atoms with Crippen LogP contribution in [0.2, 0.25) is 5.02 Å². The van der Waals surface area contributed by atoms with E-state index in [-0.39, 0.29) is 18.2 Å². The molecular weight excluding hydrogens is 374 g/mol. The van der Waals surface area contributed by atoms with Gasteiger partial charge in [0.1, 0.15) is 0 Å². The van der Waals surface area contributed by atoms with E-state index in [2.05, 4.69) is 10.4 Å². The maximum atomic E-state index is 12.5. The summed E-state index contributed by atoms with van der Waals surface area (Å²) in [5.74, 6) is -0.121. The molecule has 0 bridgehead atoms. The Hall–Kier alpha value is -2.66. The van der Waals surface area contributed by atoms with Crippen molar-refractivity contribution >= 4 is 34.8 Å². The van der Waals surface area contributed by atoms with Crippen molar-refractivity contribution in [3.05, 3.63) is 64.2 Å². The van der Waals surface area contributed by atoms with Crippen molar-refractivity contribution < 1.29 is 9.59 Å². The van der Waals surface area contributed by atoms with Gasteiger partial charge in [-0.3, -0.25) is 9.59 Å². The topological polar surface area (TPSA) is 61.8 Å². The molecule has 0 fully saturated rings. The fourth-order valence-electron chi connectivity index (χ4n) is 2.82. The molecule has 0 radical (unpaired) electrons. The Morgan fingerprint density at radius 1 is 1.18 bits per heavy atom. The summed E-state index contributed by atoms with van der Waals surface area (Å²) in [6.45, 7) is 7.99. The molecule has 5 nitrogen and oxygen atoms in total. The van der Waals surface area contributed by atoms with Gasteiger partial charge in [0.15, 0.2) is 0 Å². The van der Waals surface area contributed by atoms with Crippen LogP contribution in [0.3, 0.4) is 0 Å². The first kappa shape index (κ1) is 20.1. The standard InChI is InChI=1S/C22H24ClN3O2/c1-14-5-8-16(9-6-14)26-20(27)12-19(25-26)17-11-15(7-10-18(17)23)13-24-21(28)22(2,3)4/h5-11H,12-13H2,1-4H3,(H,24,28). The molecule has 2 aromatic rings. The van der Waals surface area contributed by atoms with E-state index in [1.807, 2.05) is 64.1 Å². The molecule has 1 aliphatic heterocycles. The Balaban J connectivity index is 1.83. The highest BCUT2D eigenvalue weighted by Crippen LogP contribution is 2.27. The Morgan fingerprint density at radius 2 is 1.86 bits per heavy atom. The number of nitrogens with zero attached hydrogens (tertiary/aromatic N) is 2. The minimum atomic E-state index is -0.453. The minimum absolute atomic E-state index is 0.0251. The number of rotatable bonds is 4. The molecular formula is C22H24ClN3O2. The third kappa shape index (κ3) is 4.42. The van der Waals surface area contributed by atoms with Gasteiger partial charge in [0.2, 0.25) is 5.91 Å². The molecule has 0 unspecified atom stereocenters. The van der Waals surface area contributed by atoms with Crippen molar-refractivity contribution in [2.24, 2.45) is 10.5 Å². The number of carbonyl (C=O) groups excluding carboxylic acids is 2. The molecule has 2 aromatic carbocycles. The first-order valence-corrected chi connectivity index (χ1v) is 9.57. The van der Waals surface area contributed by atoms with Crippen molar-refractivity contribution in [1.29, 1.82) is 0 Å². The van der Waals surface area contributed by atoms with E-state index in [0.717, 1.165) is 16.8 Å². The Morgan fingerprint density at radius 3 is 2.50 bits per heavy atom. The number of benzene rings is 2. The summed E-state index contributed by atoms with van der Waals surface area (Å²) in [5, 5.41) is 9.38. The Kier molecular flexibility index (Phi) is 5.57. The lowest BCUT2D eigenvalue weighted by Gasteiger charge is -2.18. The lowest BCUT2D eigenvalue weighted by Crippen LogP contribution is -2.34. The second-order valence-electron chi connectivity index (χ2n) is 8.01. The molecule has 1 N–H and O–H groups in total. The van der Waals surface area contributed by atoms with E-state index in [9.17, 15) is 9.59 Å². The summed E-state index contributed by atoms with van der Waals surface area (Å²) in [7, 11) is 0. The zero-order valence-corrected chi connectivity index (χ0v) is 17.3. The van der Waals surface area contributed by atoms with Crippen molar-refractivity contribution in [3.8, 4) is 0 Å². The van der Waals surface area contributed by atoms with Gasteiger partial charge in [-0.25, -0.2) is 5.01 Å². The van der Waals surface area contributed by atoms with Gasteiger partial charge < -0.3 is 5.32 Å². The van der Waals surface area contributed by atoms with Gasteiger partial charge in [-0.1, -0.05) is 56.1 Å². The van der Waals surface area contributed by atoms with Crippen LogP contribution < -0.4 is 10.3 Å². The van der Waals surface area contributed by atoms with Crippen LogP contribution in [0.4, 0.5) is 5.69 Å². The molecule has 0 aliphatic carbocycles. The summed E-state index contributed by atoms with van der Waals surface area (Å²) in [6, 6.07) is 13.2. The van der Waals surface area contributed by atoms with E-state index in [4.69, 9.17) is 11.6 Å². The highest BCUT2D eigenvalue weighted by atomic mass is 35.5. The van der Waals surface area contributed by atoms with Crippen molar-refractivity contribution in [1.82, 2.24) is 5.32 Å². The van der Waals surface area contributed by atoms with Crippen LogP contribution in [0, 0.1) is 12.3 Å². The van der Waals surface area contributed by atoms with Gasteiger partial charge in [-0.05, 0) is 36.8 Å². The van der Waals surface area contributed by atoms with Crippen LogP contribution in [0.5, 0.6) is 0 Å². The molecule has 3 rings (SSSR count). The lowest BCUT2D eigenvalue weighted by molar-refractivity contribution is -0.128. The van der Waals surface area contributed by atoms with Crippen molar-refractivity contribution in [3.63, 3.8) is 0 Å².